The zero-order valence-corrected chi connectivity index (χ0v) is 12.1. The van der Waals surface area contributed by atoms with Crippen molar-refractivity contribution >= 4 is 11.6 Å². The van der Waals surface area contributed by atoms with Crippen LogP contribution in [0.15, 0.2) is 6.33 Å². The van der Waals surface area contributed by atoms with E-state index in [1.165, 1.54) is 6.33 Å². The molecule has 0 amide bonds. The summed E-state index contributed by atoms with van der Waals surface area (Å²) in [4.78, 5) is 10.3. The van der Waals surface area contributed by atoms with Crippen molar-refractivity contribution in [3.63, 3.8) is 0 Å². The van der Waals surface area contributed by atoms with Gasteiger partial charge in [0.15, 0.2) is 11.6 Å². The van der Waals surface area contributed by atoms with Crippen molar-refractivity contribution in [1.82, 2.24) is 14.9 Å². The van der Waals surface area contributed by atoms with Crippen LogP contribution in [0.1, 0.15) is 0 Å². The van der Waals surface area contributed by atoms with E-state index in [4.69, 9.17) is 9.47 Å². The normalized spacial score (nSPS) is 10.6. The highest BCUT2D eigenvalue weighted by molar-refractivity contribution is 5.63. The molecular formula is C12H23N5O2. The minimum absolute atomic E-state index is 0.610. The molecule has 19 heavy (non-hydrogen) atoms. The van der Waals surface area contributed by atoms with E-state index in [2.05, 4.69) is 25.5 Å². The number of nitrogens with one attached hydrogen (secondary N) is 2. The Bertz CT molecular complexity index is 373. The number of rotatable bonds is 9. The standard InChI is InChI=1S/C12H23N5O2/c1-13-11-10(18-4)12(16-9-15-11)14-5-7-19-8-6-17(2)3/h9H,5-8H2,1-4H3,(H2,13,14,15,16). The second-order valence-corrected chi connectivity index (χ2v) is 4.20. The third-order valence-electron chi connectivity index (χ3n) is 2.47. The number of hydrogen-bond donors (Lipinski definition) is 2. The molecule has 2 N–H and O–H groups in total. The molecule has 0 aliphatic rings. The number of aromatic nitrogens is 2. The Morgan fingerprint density at radius 3 is 2.58 bits per heavy atom. The van der Waals surface area contributed by atoms with Gasteiger partial charge in [0.05, 0.1) is 20.3 Å². The van der Waals surface area contributed by atoms with E-state index in [9.17, 15) is 0 Å². The van der Waals surface area contributed by atoms with Crippen molar-refractivity contribution in [1.29, 1.82) is 0 Å². The first-order valence-corrected chi connectivity index (χ1v) is 6.22. The molecule has 0 radical (unpaired) electrons. The summed E-state index contributed by atoms with van der Waals surface area (Å²) < 4.78 is 10.8. The van der Waals surface area contributed by atoms with E-state index >= 15 is 0 Å². The number of methoxy groups -OCH3 is 1. The van der Waals surface area contributed by atoms with Crippen LogP contribution < -0.4 is 15.4 Å². The van der Waals surface area contributed by atoms with Crippen LogP contribution in [-0.4, -0.2) is 69.4 Å². The molecule has 7 nitrogen and oxygen atoms in total. The summed E-state index contributed by atoms with van der Waals surface area (Å²) in [5, 5.41) is 6.13. The van der Waals surface area contributed by atoms with Gasteiger partial charge in [0.25, 0.3) is 0 Å². The van der Waals surface area contributed by atoms with Gasteiger partial charge in [0.2, 0.25) is 5.75 Å². The third-order valence-corrected chi connectivity index (χ3v) is 2.47. The number of anilines is 2. The number of nitrogens with zero attached hydrogens (tertiary/aromatic N) is 3. The summed E-state index contributed by atoms with van der Waals surface area (Å²) in [6.07, 6.45) is 1.49. The molecule has 1 rings (SSSR count). The minimum Gasteiger partial charge on any atom is -0.490 e. The van der Waals surface area contributed by atoms with E-state index < -0.39 is 0 Å². The molecule has 0 bridgehead atoms. The van der Waals surface area contributed by atoms with E-state index in [0.717, 1.165) is 13.2 Å². The topological polar surface area (TPSA) is 71.5 Å². The van der Waals surface area contributed by atoms with Gasteiger partial charge in [0.1, 0.15) is 6.33 Å². The molecule has 7 heteroatoms. The molecule has 0 saturated carbocycles. The average molecular weight is 269 g/mol. The molecule has 0 aromatic carbocycles. The molecule has 0 spiro atoms. The van der Waals surface area contributed by atoms with Crippen molar-refractivity contribution < 1.29 is 9.47 Å². The lowest BCUT2D eigenvalue weighted by Crippen LogP contribution is -2.20. The van der Waals surface area contributed by atoms with Crippen LogP contribution in [0, 0.1) is 0 Å². The maximum Gasteiger partial charge on any atom is 0.204 e. The predicted octanol–water partition coefficient (Wildman–Crippen LogP) is 0.517. The highest BCUT2D eigenvalue weighted by atomic mass is 16.5. The summed E-state index contributed by atoms with van der Waals surface area (Å²) in [5.41, 5.74) is 0. The Hall–Kier alpha value is -1.60. The summed E-state index contributed by atoms with van der Waals surface area (Å²) in [6, 6.07) is 0. The number of likely N-dealkylation sites (N-methyl/N-ethyl adjacent to an activating group) is 1. The lowest BCUT2D eigenvalue weighted by molar-refractivity contribution is 0.126. The van der Waals surface area contributed by atoms with Crippen molar-refractivity contribution in [3.05, 3.63) is 6.33 Å². The largest absolute Gasteiger partial charge is 0.490 e. The van der Waals surface area contributed by atoms with Crippen LogP contribution in [0.4, 0.5) is 11.6 Å². The lowest BCUT2D eigenvalue weighted by atomic mass is 10.4. The molecule has 1 heterocycles. The number of hydrogen-bond acceptors (Lipinski definition) is 7. The van der Waals surface area contributed by atoms with Crippen LogP contribution in [0.3, 0.4) is 0 Å². The molecule has 108 valence electrons. The van der Waals surface area contributed by atoms with Crippen LogP contribution >= 0.6 is 0 Å². The van der Waals surface area contributed by atoms with Gasteiger partial charge >= 0.3 is 0 Å². The fraction of sp³-hybridized carbons (Fsp3) is 0.667. The Morgan fingerprint density at radius 2 is 1.95 bits per heavy atom. The first-order chi connectivity index (χ1) is 9.19. The molecule has 1 aromatic rings. The fourth-order valence-corrected chi connectivity index (χ4v) is 1.46. The van der Waals surface area contributed by atoms with Crippen molar-refractivity contribution in [2.75, 3.05) is 65.2 Å². The number of ether oxygens (including phenoxy) is 2. The van der Waals surface area contributed by atoms with Gasteiger partial charge in [-0.25, -0.2) is 9.97 Å². The van der Waals surface area contributed by atoms with E-state index in [1.807, 2.05) is 14.1 Å². The first kappa shape index (κ1) is 15.5. The molecule has 0 aliphatic carbocycles. The molecular weight excluding hydrogens is 246 g/mol. The van der Waals surface area contributed by atoms with Crippen LogP contribution in [0.2, 0.25) is 0 Å². The summed E-state index contributed by atoms with van der Waals surface area (Å²) >= 11 is 0. The van der Waals surface area contributed by atoms with Crippen molar-refractivity contribution in [2.24, 2.45) is 0 Å². The van der Waals surface area contributed by atoms with Gasteiger partial charge in [-0.2, -0.15) is 0 Å². The highest BCUT2D eigenvalue weighted by Gasteiger charge is 2.09. The average Bonchev–Trinajstić information content (AvgIpc) is 2.41. The van der Waals surface area contributed by atoms with Gasteiger partial charge < -0.3 is 25.0 Å². The van der Waals surface area contributed by atoms with Crippen molar-refractivity contribution in [3.8, 4) is 5.75 Å². The molecule has 0 saturated heterocycles. The van der Waals surface area contributed by atoms with Gasteiger partial charge in [-0.1, -0.05) is 0 Å². The molecule has 0 unspecified atom stereocenters. The molecule has 1 aromatic heterocycles. The Balaban J connectivity index is 2.37. The van der Waals surface area contributed by atoms with E-state index in [0.29, 0.717) is 30.5 Å². The lowest BCUT2D eigenvalue weighted by Gasteiger charge is -2.13. The maximum atomic E-state index is 5.49. The Morgan fingerprint density at radius 1 is 1.21 bits per heavy atom. The zero-order chi connectivity index (χ0) is 14.1. The SMILES string of the molecule is CNc1ncnc(NCCOCCN(C)C)c1OC. The van der Waals surface area contributed by atoms with Crippen LogP contribution in [0.25, 0.3) is 0 Å². The Kier molecular flexibility index (Phi) is 6.91. The quantitative estimate of drug-likeness (QED) is 0.633. The van der Waals surface area contributed by atoms with Gasteiger partial charge in [-0.05, 0) is 14.1 Å². The maximum absolute atomic E-state index is 5.49. The van der Waals surface area contributed by atoms with Crippen LogP contribution in [0.5, 0.6) is 5.75 Å². The van der Waals surface area contributed by atoms with Crippen LogP contribution in [-0.2, 0) is 4.74 Å². The summed E-state index contributed by atoms with van der Waals surface area (Å²) in [5.74, 6) is 1.94. The van der Waals surface area contributed by atoms with Gasteiger partial charge in [-0.15, -0.1) is 0 Å². The van der Waals surface area contributed by atoms with Gasteiger partial charge in [0, 0.05) is 20.1 Å². The zero-order valence-electron chi connectivity index (χ0n) is 12.1. The minimum atomic E-state index is 0.610. The van der Waals surface area contributed by atoms with E-state index in [1.54, 1.807) is 14.2 Å². The Labute approximate surface area is 114 Å². The summed E-state index contributed by atoms with van der Waals surface area (Å²) in [7, 11) is 7.43. The van der Waals surface area contributed by atoms with E-state index in [-0.39, 0.29) is 0 Å². The fourth-order valence-electron chi connectivity index (χ4n) is 1.46. The molecule has 0 fully saturated rings. The first-order valence-electron chi connectivity index (χ1n) is 6.22. The van der Waals surface area contributed by atoms with Gasteiger partial charge in [-0.3, -0.25) is 0 Å². The smallest absolute Gasteiger partial charge is 0.204 e. The monoisotopic (exact) mass is 269 g/mol. The predicted molar refractivity (Wildman–Crippen MR) is 76.0 cm³/mol. The summed E-state index contributed by atoms with van der Waals surface area (Å²) in [6.45, 7) is 2.93. The molecule has 0 aliphatic heterocycles. The molecule has 0 atom stereocenters. The second-order valence-electron chi connectivity index (χ2n) is 4.20. The van der Waals surface area contributed by atoms with Crippen molar-refractivity contribution in [2.45, 2.75) is 0 Å². The highest BCUT2D eigenvalue weighted by Crippen LogP contribution is 2.27. The third kappa shape index (κ3) is 5.27. The second kappa shape index (κ2) is 8.49.